The van der Waals surface area contributed by atoms with E-state index in [0.717, 1.165) is 0 Å². The Kier molecular flexibility index (Phi) is 10.5. The molecule has 0 aliphatic rings. The largest absolute Gasteiger partial charge is 0.438 e. The second kappa shape index (κ2) is 10.3. The molecule has 1 unspecified atom stereocenters. The molecule has 36 heavy (non-hydrogen) atoms. The fourth-order valence-electron chi connectivity index (χ4n) is 1.80. The van der Waals surface area contributed by atoms with Crippen LogP contribution in [-0.2, 0) is 10.1 Å². The van der Waals surface area contributed by atoms with Crippen LogP contribution in [0.25, 0.3) is 0 Å². The average molecular weight is 599 g/mol. The second-order valence-corrected chi connectivity index (χ2v) is 7.92. The first-order valence-corrected chi connectivity index (χ1v) is 9.78. The fourth-order valence-corrected chi connectivity index (χ4v) is 2.25. The summed E-state index contributed by atoms with van der Waals surface area (Å²) in [6.07, 6.45) is -4.77. The van der Waals surface area contributed by atoms with Crippen LogP contribution in [0.2, 0.25) is 0 Å². The molecule has 0 saturated heterocycles. The molecule has 0 fully saturated rings. The molecule has 0 aromatic heterocycles. The van der Waals surface area contributed by atoms with Crippen LogP contribution in [0.15, 0.2) is 12.7 Å². The van der Waals surface area contributed by atoms with Crippen LogP contribution in [0.3, 0.4) is 0 Å². The van der Waals surface area contributed by atoms with Gasteiger partial charge in [-0.2, -0.15) is 78.7 Å². The standard InChI is InChI=1S/C11H7F17O3S.C3H7N/c1-2-3(12)4(13,14)5(15,16)6(17,18)7(19,20)8(21,22)9(23,24)10(25,26)11(27,28)32(29,30)31;1-2-3-4/h3H,2H2,1H3,(H,29,30,31);2H,1,3-4H2. The minimum Gasteiger partial charge on any atom is -0.327 e. The van der Waals surface area contributed by atoms with Crippen LogP contribution in [0.5, 0.6) is 0 Å². The molecular weight excluding hydrogens is 585 g/mol. The third-order valence-electron chi connectivity index (χ3n) is 4.00. The van der Waals surface area contributed by atoms with Gasteiger partial charge >= 0.3 is 56.8 Å². The zero-order valence-electron chi connectivity index (χ0n) is 17.0. The highest BCUT2D eigenvalue weighted by atomic mass is 32.2. The molecule has 0 aliphatic heterocycles. The summed E-state index contributed by atoms with van der Waals surface area (Å²) in [5.41, 5.74) is 4.91. The summed E-state index contributed by atoms with van der Waals surface area (Å²) in [7, 11) is -7.90. The van der Waals surface area contributed by atoms with E-state index in [0.29, 0.717) is 6.54 Å². The molecule has 4 nitrogen and oxygen atoms in total. The van der Waals surface area contributed by atoms with Gasteiger partial charge in [-0.05, 0) is 6.42 Å². The van der Waals surface area contributed by atoms with E-state index in [1.165, 1.54) is 0 Å². The lowest BCUT2D eigenvalue weighted by Gasteiger charge is -2.43. The molecule has 0 rings (SSSR count). The lowest BCUT2D eigenvalue weighted by Crippen LogP contribution is -2.75. The third-order valence-corrected chi connectivity index (χ3v) is 4.90. The molecule has 0 bridgehead atoms. The summed E-state index contributed by atoms with van der Waals surface area (Å²) >= 11 is 0. The molecule has 1 atom stereocenters. The summed E-state index contributed by atoms with van der Waals surface area (Å²) in [6, 6.07) is 0. The van der Waals surface area contributed by atoms with E-state index in [1.54, 1.807) is 6.08 Å². The Morgan fingerprint density at radius 3 is 1.19 bits per heavy atom. The maximum absolute atomic E-state index is 13.4. The average Bonchev–Trinajstić information content (AvgIpc) is 2.71. The highest BCUT2D eigenvalue weighted by molar-refractivity contribution is 7.87. The van der Waals surface area contributed by atoms with Crippen LogP contribution in [0, 0.1) is 0 Å². The van der Waals surface area contributed by atoms with Crippen molar-refractivity contribution in [2.24, 2.45) is 5.73 Å². The normalized spacial score (nSPS) is 16.2. The fraction of sp³-hybridized carbons (Fsp3) is 0.857. The van der Waals surface area contributed by atoms with Gasteiger partial charge in [-0.3, -0.25) is 4.55 Å². The van der Waals surface area contributed by atoms with Crippen molar-refractivity contribution in [2.75, 3.05) is 6.54 Å². The van der Waals surface area contributed by atoms with Gasteiger partial charge in [0.2, 0.25) is 0 Å². The van der Waals surface area contributed by atoms with Gasteiger partial charge in [0.05, 0.1) is 0 Å². The van der Waals surface area contributed by atoms with E-state index >= 15 is 0 Å². The van der Waals surface area contributed by atoms with Crippen molar-refractivity contribution in [2.45, 2.75) is 66.2 Å². The van der Waals surface area contributed by atoms with Gasteiger partial charge in [0.25, 0.3) is 0 Å². The summed E-state index contributed by atoms with van der Waals surface area (Å²) in [6.45, 7) is 4.14. The van der Waals surface area contributed by atoms with Gasteiger partial charge in [-0.15, -0.1) is 6.58 Å². The van der Waals surface area contributed by atoms with E-state index in [-0.39, 0.29) is 6.92 Å². The molecule has 0 amide bonds. The molecule has 0 aliphatic carbocycles. The Morgan fingerprint density at radius 2 is 0.972 bits per heavy atom. The molecule has 0 heterocycles. The quantitative estimate of drug-likeness (QED) is 0.179. The lowest BCUT2D eigenvalue weighted by molar-refractivity contribution is -0.451. The van der Waals surface area contributed by atoms with Crippen molar-refractivity contribution < 1.29 is 87.6 Å². The van der Waals surface area contributed by atoms with E-state index in [9.17, 15) is 83.1 Å². The van der Waals surface area contributed by atoms with E-state index in [1.807, 2.05) is 0 Å². The van der Waals surface area contributed by atoms with Crippen molar-refractivity contribution in [3.05, 3.63) is 12.7 Å². The maximum atomic E-state index is 13.4. The highest BCUT2D eigenvalue weighted by Crippen LogP contribution is 2.64. The van der Waals surface area contributed by atoms with E-state index in [4.69, 9.17) is 10.3 Å². The Bertz CT molecular complexity index is 872. The van der Waals surface area contributed by atoms with Crippen molar-refractivity contribution in [3.63, 3.8) is 0 Å². The summed E-state index contributed by atoms with van der Waals surface area (Å²) in [5.74, 6) is -58.5. The number of halogens is 17. The summed E-state index contributed by atoms with van der Waals surface area (Å²) < 4.78 is 252. The lowest BCUT2D eigenvalue weighted by atomic mass is 9.88. The first-order chi connectivity index (χ1) is 15.4. The number of hydrogen-bond acceptors (Lipinski definition) is 3. The van der Waals surface area contributed by atoms with Gasteiger partial charge in [0, 0.05) is 6.54 Å². The number of alkyl halides is 17. The summed E-state index contributed by atoms with van der Waals surface area (Å²) in [5, 5.41) is -7.84. The van der Waals surface area contributed by atoms with Crippen LogP contribution < -0.4 is 5.73 Å². The maximum Gasteiger partial charge on any atom is 0.438 e. The van der Waals surface area contributed by atoms with E-state index < -0.39 is 69.4 Å². The molecule has 218 valence electrons. The molecule has 0 aromatic rings. The van der Waals surface area contributed by atoms with Crippen LogP contribution in [0.1, 0.15) is 13.3 Å². The molecule has 0 radical (unpaired) electrons. The molecule has 0 aromatic carbocycles. The van der Waals surface area contributed by atoms with Gasteiger partial charge in [0.1, 0.15) is 0 Å². The zero-order chi connectivity index (χ0) is 30.2. The molecular formula is C14H14F17NO3S. The van der Waals surface area contributed by atoms with Crippen molar-refractivity contribution in [1.29, 1.82) is 0 Å². The topological polar surface area (TPSA) is 80.4 Å². The van der Waals surface area contributed by atoms with Crippen molar-refractivity contribution in [3.8, 4) is 0 Å². The Balaban J connectivity index is 0. The minimum absolute atomic E-state index is 0.200. The van der Waals surface area contributed by atoms with Crippen LogP contribution in [0.4, 0.5) is 74.6 Å². The molecule has 22 heteroatoms. The number of rotatable bonds is 11. The second-order valence-electron chi connectivity index (χ2n) is 6.46. The molecule has 0 saturated carbocycles. The Hall–Kier alpha value is -1.58. The highest BCUT2D eigenvalue weighted by Gasteiger charge is 2.96. The third kappa shape index (κ3) is 5.07. The molecule has 3 N–H and O–H groups in total. The van der Waals surface area contributed by atoms with Crippen LogP contribution >= 0.6 is 0 Å². The first-order valence-electron chi connectivity index (χ1n) is 8.34. The molecule has 0 spiro atoms. The first kappa shape index (κ1) is 36.6. The zero-order valence-corrected chi connectivity index (χ0v) is 17.8. The predicted octanol–water partition coefficient (Wildman–Crippen LogP) is 5.79. The van der Waals surface area contributed by atoms with Gasteiger partial charge < -0.3 is 5.73 Å². The SMILES string of the molecule is C=CCN.CCC(F)C(F)(F)C(F)(F)C(F)(F)C(F)(F)C(F)(F)C(F)(F)C(F)(F)C(F)(F)S(=O)(=O)O. The monoisotopic (exact) mass is 599 g/mol. The Labute approximate surface area is 190 Å². The smallest absolute Gasteiger partial charge is 0.327 e. The number of hydrogen-bond donors (Lipinski definition) is 2. The Morgan fingerprint density at radius 1 is 0.722 bits per heavy atom. The summed E-state index contributed by atoms with van der Waals surface area (Å²) in [4.78, 5) is 0. The van der Waals surface area contributed by atoms with Crippen LogP contribution in [-0.4, -0.2) is 72.4 Å². The van der Waals surface area contributed by atoms with Crippen molar-refractivity contribution >= 4 is 10.1 Å². The van der Waals surface area contributed by atoms with Gasteiger partial charge in [0.15, 0.2) is 6.17 Å². The van der Waals surface area contributed by atoms with E-state index in [2.05, 4.69) is 6.58 Å². The minimum atomic E-state index is -8.86. The van der Waals surface area contributed by atoms with Crippen molar-refractivity contribution in [1.82, 2.24) is 0 Å². The number of nitrogens with two attached hydrogens (primary N) is 1. The van der Waals surface area contributed by atoms with Gasteiger partial charge in [-0.25, -0.2) is 4.39 Å². The predicted molar refractivity (Wildman–Crippen MR) is 85.6 cm³/mol. The van der Waals surface area contributed by atoms with Gasteiger partial charge in [-0.1, -0.05) is 13.0 Å².